The molecule has 226 valence electrons. The number of hydrogen-bond donors (Lipinski definition) is 2. The van der Waals surface area contributed by atoms with Crippen molar-refractivity contribution in [1.29, 1.82) is 0 Å². The second-order valence-electron chi connectivity index (χ2n) is 12.3. The number of rotatable bonds is 10. The van der Waals surface area contributed by atoms with E-state index in [2.05, 4.69) is 83.9 Å². The topological polar surface area (TPSA) is 95.5 Å². The first-order chi connectivity index (χ1) is 20.8. The number of hydrogen-bond acceptors (Lipinski definition) is 7. The van der Waals surface area contributed by atoms with E-state index < -0.39 is 0 Å². The van der Waals surface area contributed by atoms with Gasteiger partial charge in [-0.15, -0.1) is 0 Å². The molecule has 1 amide bonds. The maximum atomic E-state index is 13.1. The van der Waals surface area contributed by atoms with Crippen LogP contribution < -0.4 is 20.9 Å². The summed E-state index contributed by atoms with van der Waals surface area (Å²) in [5.41, 5.74) is 14.9. The zero-order chi connectivity index (χ0) is 30.2. The van der Waals surface area contributed by atoms with E-state index in [1.807, 2.05) is 23.2 Å². The molecule has 3 N–H and O–H groups in total. The molecule has 4 aromatic rings. The lowest BCUT2D eigenvalue weighted by molar-refractivity contribution is -0.117. The highest BCUT2D eigenvalue weighted by atomic mass is 16.2. The smallest absolute Gasteiger partial charge is 0.228 e. The first-order valence-electron chi connectivity index (χ1n) is 15.6. The van der Waals surface area contributed by atoms with Crippen molar-refractivity contribution in [3.8, 4) is 11.3 Å². The van der Waals surface area contributed by atoms with E-state index in [0.29, 0.717) is 18.3 Å². The normalized spacial score (nSPS) is 15.5. The fourth-order valence-electron chi connectivity index (χ4n) is 6.56. The summed E-state index contributed by atoms with van der Waals surface area (Å²) in [6.45, 7) is 7.90. The van der Waals surface area contributed by atoms with Gasteiger partial charge in [-0.2, -0.15) is 0 Å². The van der Waals surface area contributed by atoms with Crippen LogP contribution in [-0.4, -0.2) is 66.1 Å². The number of amides is 1. The van der Waals surface area contributed by atoms with Gasteiger partial charge in [0.05, 0.1) is 28.1 Å². The second-order valence-corrected chi connectivity index (χ2v) is 12.3. The SMILES string of the molecule is CCC(C)c1cc(N(C)CCN(C)C)c(N)cc1Nc1nccc(-c2c(N3CCCC3=O)n3c4c(cccc24)CCC3)n1. The zero-order valence-corrected chi connectivity index (χ0v) is 26.2. The molecule has 0 saturated carbocycles. The van der Waals surface area contributed by atoms with Crippen molar-refractivity contribution in [2.45, 2.75) is 58.4 Å². The lowest BCUT2D eigenvalue weighted by Crippen LogP contribution is -2.29. The molecule has 2 aromatic heterocycles. The van der Waals surface area contributed by atoms with E-state index in [-0.39, 0.29) is 5.91 Å². The van der Waals surface area contributed by atoms with Gasteiger partial charge in [0.25, 0.3) is 0 Å². The number of carbonyl (C=O) groups is 1. The fraction of sp³-hybridized carbons (Fsp3) is 0.441. The first kappa shape index (κ1) is 29.0. The van der Waals surface area contributed by atoms with Crippen LogP contribution in [0, 0.1) is 0 Å². The lowest BCUT2D eigenvalue weighted by Gasteiger charge is -2.26. The fourth-order valence-corrected chi connectivity index (χ4v) is 6.56. The lowest BCUT2D eigenvalue weighted by atomic mass is 9.95. The molecule has 6 rings (SSSR count). The number of likely N-dealkylation sites (N-methyl/N-ethyl adjacent to an activating group) is 2. The maximum Gasteiger partial charge on any atom is 0.228 e. The van der Waals surface area contributed by atoms with Crippen molar-refractivity contribution in [3.63, 3.8) is 0 Å². The third-order valence-corrected chi connectivity index (χ3v) is 9.09. The van der Waals surface area contributed by atoms with E-state index in [4.69, 9.17) is 10.7 Å². The summed E-state index contributed by atoms with van der Waals surface area (Å²) in [5, 5.41) is 4.67. The van der Waals surface area contributed by atoms with Gasteiger partial charge < -0.3 is 25.4 Å². The summed E-state index contributed by atoms with van der Waals surface area (Å²) in [5.74, 6) is 1.99. The molecule has 0 bridgehead atoms. The van der Waals surface area contributed by atoms with Crippen LogP contribution in [0.3, 0.4) is 0 Å². The molecular weight excluding hydrogens is 536 g/mol. The summed E-state index contributed by atoms with van der Waals surface area (Å²) in [6.07, 6.45) is 6.38. The van der Waals surface area contributed by atoms with Gasteiger partial charge in [0.2, 0.25) is 11.9 Å². The van der Waals surface area contributed by atoms with Gasteiger partial charge in [-0.1, -0.05) is 32.0 Å². The van der Waals surface area contributed by atoms with Crippen LogP contribution in [0.5, 0.6) is 0 Å². The summed E-state index contributed by atoms with van der Waals surface area (Å²) >= 11 is 0. The first-order valence-corrected chi connectivity index (χ1v) is 15.6. The molecule has 1 fully saturated rings. The standard InChI is InChI=1S/C34H44N8O/c1-6-22(2)25-20-29(40(5)19-18-39(3)4)26(35)21-28(25)38-34-36-15-14-27(37-34)31-24-12-7-10-23-11-8-17-42(32(23)24)33(31)41-16-9-13-30(41)43/h7,10,12,14-15,20-22H,6,8-9,11,13,16-19,35H2,1-5H3,(H,36,37,38). The number of aromatic nitrogens is 3. The number of aryl methyl sites for hydroxylation is 2. The highest BCUT2D eigenvalue weighted by molar-refractivity contribution is 6.09. The highest BCUT2D eigenvalue weighted by Gasteiger charge is 2.32. The van der Waals surface area contributed by atoms with Crippen molar-refractivity contribution in [1.82, 2.24) is 19.4 Å². The number of para-hydroxylation sites is 1. The number of carbonyl (C=O) groups excluding carboxylic acids is 1. The molecule has 2 aliphatic rings. The minimum atomic E-state index is 0.184. The molecule has 2 aromatic carbocycles. The van der Waals surface area contributed by atoms with E-state index in [1.54, 1.807) is 0 Å². The Balaban J connectivity index is 1.42. The number of anilines is 5. The van der Waals surface area contributed by atoms with Crippen LogP contribution in [0.4, 0.5) is 28.8 Å². The second kappa shape index (κ2) is 11.9. The summed E-state index contributed by atoms with van der Waals surface area (Å²) in [7, 11) is 6.26. The molecular formula is C34H44N8O. The van der Waals surface area contributed by atoms with Gasteiger partial charge >= 0.3 is 0 Å². The number of benzene rings is 2. The Morgan fingerprint density at radius 3 is 2.63 bits per heavy atom. The molecule has 2 aliphatic heterocycles. The number of nitrogens with zero attached hydrogens (tertiary/aromatic N) is 6. The summed E-state index contributed by atoms with van der Waals surface area (Å²) in [4.78, 5) is 29.2. The molecule has 4 heterocycles. The van der Waals surface area contributed by atoms with E-state index in [9.17, 15) is 4.79 Å². The van der Waals surface area contributed by atoms with Crippen molar-refractivity contribution in [3.05, 3.63) is 53.7 Å². The number of nitrogens with two attached hydrogens (primary N) is 1. The van der Waals surface area contributed by atoms with E-state index in [0.717, 1.165) is 91.4 Å². The predicted octanol–water partition coefficient (Wildman–Crippen LogP) is 6.01. The monoisotopic (exact) mass is 580 g/mol. The molecule has 9 heteroatoms. The van der Waals surface area contributed by atoms with Crippen LogP contribution >= 0.6 is 0 Å². The van der Waals surface area contributed by atoms with Crippen molar-refractivity contribution >= 4 is 45.6 Å². The molecule has 43 heavy (non-hydrogen) atoms. The molecule has 1 atom stereocenters. The van der Waals surface area contributed by atoms with Gasteiger partial charge in [-0.05, 0) is 75.0 Å². The van der Waals surface area contributed by atoms with Crippen LogP contribution in [-0.2, 0) is 17.8 Å². The van der Waals surface area contributed by atoms with Crippen LogP contribution in [0.1, 0.15) is 56.6 Å². The Morgan fingerprint density at radius 2 is 1.88 bits per heavy atom. The van der Waals surface area contributed by atoms with Crippen LogP contribution in [0.25, 0.3) is 22.2 Å². The quantitative estimate of drug-likeness (QED) is 0.222. The Bertz CT molecular complexity index is 1660. The molecule has 0 radical (unpaired) electrons. The molecule has 0 aliphatic carbocycles. The van der Waals surface area contributed by atoms with Gasteiger partial charge in [-0.3, -0.25) is 9.69 Å². The molecule has 9 nitrogen and oxygen atoms in total. The van der Waals surface area contributed by atoms with Crippen molar-refractivity contribution in [2.75, 3.05) is 61.6 Å². The summed E-state index contributed by atoms with van der Waals surface area (Å²) < 4.78 is 2.36. The molecule has 1 saturated heterocycles. The van der Waals surface area contributed by atoms with Crippen molar-refractivity contribution < 1.29 is 4.79 Å². The summed E-state index contributed by atoms with van der Waals surface area (Å²) in [6, 6.07) is 12.7. The molecule has 0 spiro atoms. The Morgan fingerprint density at radius 1 is 1.07 bits per heavy atom. The Labute approximate surface area is 254 Å². The molecule has 1 unspecified atom stereocenters. The third-order valence-electron chi connectivity index (χ3n) is 9.09. The zero-order valence-electron chi connectivity index (χ0n) is 26.2. The van der Waals surface area contributed by atoms with E-state index in [1.165, 1.54) is 16.6 Å². The Hall–Kier alpha value is -4.11. The van der Waals surface area contributed by atoms with E-state index >= 15 is 0 Å². The number of nitrogens with one attached hydrogen (secondary N) is 1. The largest absolute Gasteiger partial charge is 0.397 e. The third kappa shape index (κ3) is 5.42. The van der Waals surface area contributed by atoms with Gasteiger partial charge in [0, 0.05) is 56.9 Å². The van der Waals surface area contributed by atoms with Crippen molar-refractivity contribution in [2.24, 2.45) is 0 Å². The average Bonchev–Trinajstić information content (AvgIpc) is 3.57. The maximum absolute atomic E-state index is 13.1. The van der Waals surface area contributed by atoms with Gasteiger partial charge in [0.15, 0.2) is 0 Å². The predicted molar refractivity (Wildman–Crippen MR) is 178 cm³/mol. The average molecular weight is 581 g/mol. The number of nitrogen functional groups attached to an aromatic ring is 1. The van der Waals surface area contributed by atoms with Gasteiger partial charge in [-0.25, -0.2) is 9.97 Å². The minimum absolute atomic E-state index is 0.184. The van der Waals surface area contributed by atoms with Crippen LogP contribution in [0.2, 0.25) is 0 Å². The highest BCUT2D eigenvalue weighted by Crippen LogP contribution is 2.44. The van der Waals surface area contributed by atoms with Crippen LogP contribution in [0.15, 0.2) is 42.6 Å². The van der Waals surface area contributed by atoms with Gasteiger partial charge in [0.1, 0.15) is 5.82 Å². The Kier molecular flexibility index (Phi) is 8.01. The minimum Gasteiger partial charge on any atom is -0.397 e.